The standard InChI is InChI=1S/C4H4O3.H2O3S/c5-3-1-7-2-4(3)6;1-4(2)3/h1-2,5-6H;(H2,1,2,3). The van der Waals surface area contributed by atoms with Gasteiger partial charge in [0.15, 0.2) is 11.5 Å². The van der Waals surface area contributed by atoms with E-state index in [-0.39, 0.29) is 11.5 Å². The number of rotatable bonds is 0. The van der Waals surface area contributed by atoms with Gasteiger partial charge in [-0.05, 0) is 0 Å². The van der Waals surface area contributed by atoms with E-state index in [1.54, 1.807) is 0 Å². The monoisotopic (exact) mass is 182 g/mol. The third-order valence-electron chi connectivity index (χ3n) is 0.622. The molecule has 0 aliphatic carbocycles. The number of aromatic hydroxyl groups is 2. The summed E-state index contributed by atoms with van der Waals surface area (Å²) in [6.07, 6.45) is 2.10. The maximum absolute atomic E-state index is 8.67. The Morgan fingerprint density at radius 2 is 1.45 bits per heavy atom. The van der Waals surface area contributed by atoms with Crippen LogP contribution in [0.2, 0.25) is 0 Å². The highest BCUT2D eigenvalue weighted by Crippen LogP contribution is 2.23. The molecule has 1 aromatic rings. The van der Waals surface area contributed by atoms with Crippen LogP contribution in [0.25, 0.3) is 0 Å². The second-order valence-corrected chi connectivity index (χ2v) is 1.83. The third kappa shape index (κ3) is 5.40. The van der Waals surface area contributed by atoms with Crippen LogP contribution in [-0.4, -0.2) is 23.5 Å². The maximum atomic E-state index is 8.67. The fourth-order valence-corrected chi connectivity index (χ4v) is 0.284. The minimum atomic E-state index is -2.61. The van der Waals surface area contributed by atoms with Gasteiger partial charge in [-0.25, -0.2) is 0 Å². The Labute approximate surface area is 64.2 Å². The first-order valence-electron chi connectivity index (χ1n) is 2.28. The summed E-state index contributed by atoms with van der Waals surface area (Å²) in [6, 6.07) is 0. The lowest BCUT2D eigenvalue weighted by atomic mass is 10.6. The van der Waals surface area contributed by atoms with Crippen LogP contribution in [0.5, 0.6) is 11.5 Å². The zero-order chi connectivity index (χ0) is 8.85. The summed E-state index contributed by atoms with van der Waals surface area (Å²) in [6.45, 7) is 0. The van der Waals surface area contributed by atoms with E-state index >= 15 is 0 Å². The largest absolute Gasteiger partial charge is 0.502 e. The van der Waals surface area contributed by atoms with Gasteiger partial charge in [-0.1, -0.05) is 0 Å². The molecule has 7 heteroatoms. The van der Waals surface area contributed by atoms with Crippen molar-refractivity contribution in [1.29, 1.82) is 0 Å². The average molecular weight is 182 g/mol. The van der Waals surface area contributed by atoms with E-state index < -0.39 is 11.4 Å². The molecule has 0 spiro atoms. The van der Waals surface area contributed by atoms with E-state index in [9.17, 15) is 0 Å². The van der Waals surface area contributed by atoms with Gasteiger partial charge in [0.05, 0.1) is 0 Å². The van der Waals surface area contributed by atoms with Gasteiger partial charge in [0.2, 0.25) is 0 Å². The Balaban J connectivity index is 0.000000218. The molecule has 0 saturated carbocycles. The van der Waals surface area contributed by atoms with Crippen molar-refractivity contribution in [2.45, 2.75) is 0 Å². The molecule has 1 rings (SSSR count). The van der Waals surface area contributed by atoms with Crippen molar-refractivity contribution >= 4 is 11.4 Å². The summed E-state index contributed by atoms with van der Waals surface area (Å²) in [4.78, 5) is 0. The molecule has 4 N–H and O–H groups in total. The predicted molar refractivity (Wildman–Crippen MR) is 35.4 cm³/mol. The van der Waals surface area contributed by atoms with Gasteiger partial charge >= 0.3 is 0 Å². The summed E-state index contributed by atoms with van der Waals surface area (Å²) in [5.41, 5.74) is 0. The van der Waals surface area contributed by atoms with Crippen LogP contribution in [0, 0.1) is 0 Å². The third-order valence-corrected chi connectivity index (χ3v) is 0.622. The zero-order valence-corrected chi connectivity index (χ0v) is 5.98. The number of hydrogen-bond donors (Lipinski definition) is 4. The van der Waals surface area contributed by atoms with E-state index in [0.717, 1.165) is 12.5 Å². The molecule has 0 bridgehead atoms. The van der Waals surface area contributed by atoms with E-state index in [0.29, 0.717) is 0 Å². The second-order valence-electron chi connectivity index (χ2n) is 1.37. The van der Waals surface area contributed by atoms with Crippen LogP contribution in [0.3, 0.4) is 0 Å². The van der Waals surface area contributed by atoms with Gasteiger partial charge in [0.25, 0.3) is 11.4 Å². The molecule has 0 aromatic carbocycles. The molecule has 1 heterocycles. The summed E-state index contributed by atoms with van der Waals surface area (Å²) in [5, 5.41) is 16.8. The first-order chi connectivity index (χ1) is 5.04. The lowest BCUT2D eigenvalue weighted by Gasteiger charge is -1.76. The van der Waals surface area contributed by atoms with Gasteiger partial charge in [-0.2, -0.15) is 4.21 Å². The van der Waals surface area contributed by atoms with E-state index in [2.05, 4.69) is 4.42 Å². The molecule has 0 amide bonds. The minimum absolute atomic E-state index is 0.222. The van der Waals surface area contributed by atoms with Crippen LogP contribution < -0.4 is 0 Å². The molecule has 0 aliphatic rings. The van der Waals surface area contributed by atoms with Crippen molar-refractivity contribution in [1.82, 2.24) is 0 Å². The van der Waals surface area contributed by atoms with Gasteiger partial charge in [-0.3, -0.25) is 9.11 Å². The highest BCUT2D eigenvalue weighted by Gasteiger charge is 1.95. The Kier molecular flexibility index (Phi) is 4.27. The fraction of sp³-hybridized carbons (Fsp3) is 0. The first kappa shape index (κ1) is 9.95. The molecular weight excluding hydrogens is 176 g/mol. The molecule has 0 atom stereocenters. The molecule has 0 radical (unpaired) electrons. The summed E-state index contributed by atoms with van der Waals surface area (Å²) in [7, 11) is 0. The molecule has 0 aliphatic heterocycles. The van der Waals surface area contributed by atoms with Crippen LogP contribution >= 0.6 is 0 Å². The van der Waals surface area contributed by atoms with E-state index in [1.165, 1.54) is 0 Å². The SMILES string of the molecule is O=S(O)O.Oc1cocc1O. The molecule has 1 aromatic heterocycles. The molecular formula is C4H6O6S. The van der Waals surface area contributed by atoms with Crippen molar-refractivity contribution in [3.8, 4) is 11.5 Å². The molecule has 0 unspecified atom stereocenters. The zero-order valence-electron chi connectivity index (χ0n) is 5.17. The lowest BCUT2D eigenvalue weighted by Crippen LogP contribution is -1.74. The van der Waals surface area contributed by atoms with Gasteiger partial charge in [-0.15, -0.1) is 0 Å². The maximum Gasteiger partial charge on any atom is 0.299 e. The van der Waals surface area contributed by atoms with E-state index in [1.807, 2.05) is 0 Å². The van der Waals surface area contributed by atoms with Crippen LogP contribution in [0.1, 0.15) is 0 Å². The Hall–Kier alpha value is -1.05. The first-order valence-corrected chi connectivity index (χ1v) is 3.34. The van der Waals surface area contributed by atoms with Crippen LogP contribution in [0.4, 0.5) is 0 Å². The van der Waals surface area contributed by atoms with Crippen molar-refractivity contribution < 1.29 is 27.9 Å². The quantitative estimate of drug-likeness (QED) is 0.431. The molecule has 64 valence electrons. The summed E-state index contributed by atoms with van der Waals surface area (Å²) in [5.74, 6) is -0.444. The smallest absolute Gasteiger partial charge is 0.299 e. The summed E-state index contributed by atoms with van der Waals surface area (Å²) < 4.78 is 27.2. The number of furan rings is 1. The Morgan fingerprint density at radius 3 is 1.55 bits per heavy atom. The molecule has 0 saturated heterocycles. The average Bonchev–Trinajstić information content (AvgIpc) is 2.15. The normalized spacial score (nSPS) is 9.00. The van der Waals surface area contributed by atoms with Gasteiger partial charge in [0.1, 0.15) is 12.5 Å². The number of hydrogen-bond acceptors (Lipinski definition) is 4. The van der Waals surface area contributed by atoms with Crippen molar-refractivity contribution in [2.75, 3.05) is 0 Å². The Bertz CT molecular complexity index is 210. The highest BCUT2D eigenvalue weighted by molar-refractivity contribution is 7.73. The topological polar surface area (TPSA) is 111 Å². The minimum Gasteiger partial charge on any atom is -0.502 e. The van der Waals surface area contributed by atoms with Gasteiger partial charge < -0.3 is 14.6 Å². The second kappa shape index (κ2) is 4.72. The van der Waals surface area contributed by atoms with E-state index in [4.69, 9.17) is 23.5 Å². The predicted octanol–water partition coefficient (Wildman–Crippen LogP) is 0.372. The van der Waals surface area contributed by atoms with Crippen molar-refractivity contribution in [2.24, 2.45) is 0 Å². The highest BCUT2D eigenvalue weighted by atomic mass is 32.2. The van der Waals surface area contributed by atoms with Crippen molar-refractivity contribution in [3.63, 3.8) is 0 Å². The lowest BCUT2D eigenvalue weighted by molar-refractivity contribution is 0.407. The summed E-state index contributed by atoms with van der Waals surface area (Å²) >= 11 is -2.61. The molecule has 6 nitrogen and oxygen atoms in total. The van der Waals surface area contributed by atoms with Crippen LogP contribution in [0.15, 0.2) is 16.9 Å². The van der Waals surface area contributed by atoms with Crippen LogP contribution in [-0.2, 0) is 11.4 Å². The fourth-order valence-electron chi connectivity index (χ4n) is 0.284. The van der Waals surface area contributed by atoms with Crippen molar-refractivity contribution in [3.05, 3.63) is 12.5 Å². The van der Waals surface area contributed by atoms with Gasteiger partial charge in [0, 0.05) is 0 Å². The molecule has 11 heavy (non-hydrogen) atoms. The Morgan fingerprint density at radius 1 is 1.18 bits per heavy atom. The molecule has 0 fully saturated rings.